The summed E-state index contributed by atoms with van der Waals surface area (Å²) in [4.78, 5) is 11.1. The molecular weight excluding hydrogens is 389 g/mol. The lowest BCUT2D eigenvalue weighted by Crippen LogP contribution is -2.28. The van der Waals surface area contributed by atoms with Crippen molar-refractivity contribution in [3.05, 3.63) is 58.1 Å². The standard InChI is InChI=1S/C19H15Cl2N3O3/c20-13-2-1-12(18(21)7-13)11-27-17-5-3-15(4-6-17)24-16(9-19(25)26)8-14(10-22)23-24/h1-7,16H,8-9,11H2,(H,25,26). The van der Waals surface area contributed by atoms with Crippen LogP contribution in [0.5, 0.6) is 5.75 Å². The van der Waals surface area contributed by atoms with Crippen LogP contribution in [-0.2, 0) is 11.4 Å². The molecule has 27 heavy (non-hydrogen) atoms. The molecular formula is C19H15Cl2N3O3. The van der Waals surface area contributed by atoms with E-state index in [1.807, 2.05) is 6.07 Å². The Bertz CT molecular complexity index is 923. The Morgan fingerprint density at radius 3 is 2.67 bits per heavy atom. The Labute approximate surface area is 166 Å². The maximum absolute atomic E-state index is 11.1. The predicted octanol–water partition coefficient (Wildman–Crippen LogP) is 4.51. The van der Waals surface area contributed by atoms with Crippen LogP contribution in [0.2, 0.25) is 10.0 Å². The Morgan fingerprint density at radius 2 is 2.04 bits per heavy atom. The number of benzene rings is 2. The maximum atomic E-state index is 11.1. The first-order valence-corrected chi connectivity index (χ1v) is 8.87. The van der Waals surface area contributed by atoms with Gasteiger partial charge in [-0.25, -0.2) is 0 Å². The van der Waals surface area contributed by atoms with E-state index in [1.165, 1.54) is 0 Å². The summed E-state index contributed by atoms with van der Waals surface area (Å²) in [6.45, 7) is 0.289. The molecule has 1 unspecified atom stereocenters. The molecule has 0 saturated heterocycles. The molecule has 1 heterocycles. The number of hydrogen-bond donors (Lipinski definition) is 1. The van der Waals surface area contributed by atoms with Crippen LogP contribution < -0.4 is 9.75 Å². The topological polar surface area (TPSA) is 85.9 Å². The number of nitrogens with zero attached hydrogens (tertiary/aromatic N) is 3. The third-order valence-electron chi connectivity index (χ3n) is 4.05. The van der Waals surface area contributed by atoms with Crippen molar-refractivity contribution in [3.8, 4) is 11.8 Å². The number of hydrazone groups is 1. The summed E-state index contributed by atoms with van der Waals surface area (Å²) in [5, 5.41) is 25.0. The molecule has 0 amide bonds. The van der Waals surface area contributed by atoms with Gasteiger partial charge in [0.1, 0.15) is 24.1 Å². The van der Waals surface area contributed by atoms with E-state index in [1.54, 1.807) is 47.5 Å². The molecule has 0 aliphatic carbocycles. The van der Waals surface area contributed by atoms with Gasteiger partial charge in [0.05, 0.1) is 18.2 Å². The fourth-order valence-corrected chi connectivity index (χ4v) is 3.22. The van der Waals surface area contributed by atoms with E-state index in [-0.39, 0.29) is 19.1 Å². The molecule has 6 nitrogen and oxygen atoms in total. The van der Waals surface area contributed by atoms with Gasteiger partial charge >= 0.3 is 5.97 Å². The van der Waals surface area contributed by atoms with E-state index in [0.717, 1.165) is 5.56 Å². The largest absolute Gasteiger partial charge is 0.489 e. The molecule has 1 aliphatic rings. The highest BCUT2D eigenvalue weighted by Gasteiger charge is 2.29. The van der Waals surface area contributed by atoms with Crippen molar-refractivity contribution in [2.75, 3.05) is 5.01 Å². The third-order valence-corrected chi connectivity index (χ3v) is 4.64. The van der Waals surface area contributed by atoms with Crippen LogP contribution in [0.3, 0.4) is 0 Å². The summed E-state index contributed by atoms with van der Waals surface area (Å²) < 4.78 is 5.74. The summed E-state index contributed by atoms with van der Waals surface area (Å²) >= 11 is 12.0. The number of carbonyl (C=O) groups is 1. The molecule has 1 N–H and O–H groups in total. The van der Waals surface area contributed by atoms with Crippen LogP contribution in [-0.4, -0.2) is 22.8 Å². The van der Waals surface area contributed by atoms with E-state index < -0.39 is 5.97 Å². The number of hydrogen-bond acceptors (Lipinski definition) is 5. The molecule has 8 heteroatoms. The van der Waals surface area contributed by atoms with E-state index in [4.69, 9.17) is 38.3 Å². The lowest BCUT2D eigenvalue weighted by atomic mass is 10.1. The minimum absolute atomic E-state index is 0.0952. The molecule has 3 rings (SSSR count). The van der Waals surface area contributed by atoms with Gasteiger partial charge < -0.3 is 9.84 Å². The zero-order valence-corrected chi connectivity index (χ0v) is 15.6. The molecule has 0 spiro atoms. The van der Waals surface area contributed by atoms with E-state index >= 15 is 0 Å². The molecule has 138 valence electrons. The van der Waals surface area contributed by atoms with Gasteiger partial charge in [0.2, 0.25) is 0 Å². The quantitative estimate of drug-likeness (QED) is 0.766. The van der Waals surface area contributed by atoms with Gasteiger partial charge in [-0.15, -0.1) is 0 Å². The van der Waals surface area contributed by atoms with Crippen molar-refractivity contribution >= 4 is 40.6 Å². The average molecular weight is 404 g/mol. The summed E-state index contributed by atoms with van der Waals surface area (Å²) in [6, 6.07) is 13.9. The van der Waals surface area contributed by atoms with Crippen LogP contribution in [0, 0.1) is 11.3 Å². The minimum atomic E-state index is -0.931. The Kier molecular flexibility index (Phi) is 5.84. The normalized spacial score (nSPS) is 16.0. The van der Waals surface area contributed by atoms with E-state index in [0.29, 0.717) is 33.6 Å². The van der Waals surface area contributed by atoms with E-state index in [2.05, 4.69) is 5.10 Å². The van der Waals surface area contributed by atoms with Crippen molar-refractivity contribution < 1.29 is 14.6 Å². The van der Waals surface area contributed by atoms with Crippen LogP contribution in [0.1, 0.15) is 18.4 Å². The van der Waals surface area contributed by atoms with Crippen molar-refractivity contribution in [3.63, 3.8) is 0 Å². The fourth-order valence-electron chi connectivity index (χ4n) is 2.75. The number of anilines is 1. The van der Waals surface area contributed by atoms with Gasteiger partial charge in [0, 0.05) is 22.0 Å². The van der Waals surface area contributed by atoms with Gasteiger partial charge in [0.15, 0.2) is 0 Å². The zero-order valence-electron chi connectivity index (χ0n) is 14.1. The van der Waals surface area contributed by atoms with Crippen molar-refractivity contribution in [2.45, 2.75) is 25.5 Å². The number of aliphatic carboxylic acids is 1. The SMILES string of the molecule is N#CC1=NN(c2ccc(OCc3ccc(Cl)cc3Cl)cc2)C(CC(=O)O)C1. The van der Waals surface area contributed by atoms with Crippen LogP contribution >= 0.6 is 23.2 Å². The third kappa shape index (κ3) is 4.70. The molecule has 1 aliphatic heterocycles. The van der Waals surface area contributed by atoms with Crippen LogP contribution in [0.15, 0.2) is 47.6 Å². The number of carboxylic acids is 1. The van der Waals surface area contributed by atoms with Gasteiger partial charge in [-0.2, -0.15) is 10.4 Å². The summed E-state index contributed by atoms with van der Waals surface area (Å²) in [5.41, 5.74) is 1.83. The molecule has 0 radical (unpaired) electrons. The zero-order chi connectivity index (χ0) is 19.4. The lowest BCUT2D eigenvalue weighted by molar-refractivity contribution is -0.137. The average Bonchev–Trinajstić information content (AvgIpc) is 3.03. The second-order valence-corrected chi connectivity index (χ2v) is 6.82. The lowest BCUT2D eigenvalue weighted by Gasteiger charge is -2.22. The second kappa shape index (κ2) is 8.30. The summed E-state index contributed by atoms with van der Waals surface area (Å²) in [6.07, 6.45) is 0.220. The molecule has 2 aromatic rings. The highest BCUT2D eigenvalue weighted by Crippen LogP contribution is 2.29. The van der Waals surface area contributed by atoms with E-state index in [9.17, 15) is 4.79 Å². The summed E-state index contributed by atoms with van der Waals surface area (Å²) in [7, 11) is 0. The number of rotatable bonds is 6. The number of nitriles is 1. The molecule has 2 aromatic carbocycles. The highest BCUT2D eigenvalue weighted by atomic mass is 35.5. The van der Waals surface area contributed by atoms with Gasteiger partial charge in [-0.05, 0) is 36.4 Å². The first-order chi connectivity index (χ1) is 13.0. The van der Waals surface area contributed by atoms with Crippen molar-refractivity contribution in [1.82, 2.24) is 0 Å². The predicted molar refractivity (Wildman–Crippen MR) is 103 cm³/mol. The van der Waals surface area contributed by atoms with Gasteiger partial charge in [-0.3, -0.25) is 9.80 Å². The van der Waals surface area contributed by atoms with Crippen molar-refractivity contribution in [1.29, 1.82) is 5.26 Å². The Hall–Kier alpha value is -2.75. The van der Waals surface area contributed by atoms with Crippen LogP contribution in [0.25, 0.3) is 0 Å². The van der Waals surface area contributed by atoms with Crippen LogP contribution in [0.4, 0.5) is 5.69 Å². The van der Waals surface area contributed by atoms with Gasteiger partial charge in [0.25, 0.3) is 0 Å². The first kappa shape index (κ1) is 19.0. The molecule has 0 aromatic heterocycles. The minimum Gasteiger partial charge on any atom is -0.489 e. The summed E-state index contributed by atoms with van der Waals surface area (Å²) in [5.74, 6) is -0.303. The molecule has 1 atom stereocenters. The van der Waals surface area contributed by atoms with Crippen molar-refractivity contribution in [2.24, 2.45) is 5.10 Å². The number of halogens is 2. The number of ether oxygens (including phenoxy) is 1. The smallest absolute Gasteiger partial charge is 0.305 e. The Balaban J connectivity index is 1.69. The fraction of sp³-hybridized carbons (Fsp3) is 0.211. The number of carboxylic acid groups (broad SMARTS) is 1. The molecule has 0 saturated carbocycles. The first-order valence-electron chi connectivity index (χ1n) is 8.11. The highest BCUT2D eigenvalue weighted by molar-refractivity contribution is 6.35. The molecule has 0 fully saturated rings. The monoisotopic (exact) mass is 403 g/mol. The Morgan fingerprint density at radius 1 is 1.30 bits per heavy atom. The molecule has 0 bridgehead atoms. The second-order valence-electron chi connectivity index (χ2n) is 5.98. The maximum Gasteiger partial charge on any atom is 0.305 e. The van der Waals surface area contributed by atoms with Gasteiger partial charge in [-0.1, -0.05) is 29.3 Å².